The van der Waals surface area contributed by atoms with Crippen molar-refractivity contribution in [3.8, 4) is 0 Å². The van der Waals surface area contributed by atoms with Crippen LogP contribution in [0.2, 0.25) is 0 Å². The average molecular weight is 256 g/mol. The molecule has 1 rings (SSSR count). The molecule has 1 heterocycles. The van der Waals surface area contributed by atoms with Crippen LogP contribution in [0.1, 0.15) is 47.0 Å². The van der Waals surface area contributed by atoms with E-state index in [-0.39, 0.29) is 0 Å². The van der Waals surface area contributed by atoms with Gasteiger partial charge in [0, 0.05) is 24.5 Å². The van der Waals surface area contributed by atoms with Crippen molar-refractivity contribution in [1.82, 2.24) is 10.2 Å². The molecule has 0 amide bonds. The smallest absolute Gasteiger partial charge is 0.0623 e. The highest BCUT2D eigenvalue weighted by atomic mass is 16.5. The maximum absolute atomic E-state index is 5.64. The van der Waals surface area contributed by atoms with Crippen LogP contribution in [0, 0.1) is 5.92 Å². The second-order valence-corrected chi connectivity index (χ2v) is 5.76. The van der Waals surface area contributed by atoms with Crippen molar-refractivity contribution in [2.75, 3.05) is 32.8 Å². The topological polar surface area (TPSA) is 24.5 Å². The van der Waals surface area contributed by atoms with E-state index in [1.54, 1.807) is 0 Å². The third kappa shape index (κ3) is 5.25. The fraction of sp³-hybridized carbons (Fsp3) is 1.00. The molecule has 0 aliphatic carbocycles. The van der Waals surface area contributed by atoms with Gasteiger partial charge in [0.1, 0.15) is 0 Å². The molecule has 1 aliphatic rings. The van der Waals surface area contributed by atoms with Crippen LogP contribution >= 0.6 is 0 Å². The molecule has 2 unspecified atom stereocenters. The second-order valence-electron chi connectivity index (χ2n) is 5.76. The Hall–Kier alpha value is -0.120. The Kier molecular flexibility index (Phi) is 7.87. The average Bonchev–Trinajstić information content (AvgIpc) is 2.76. The molecule has 0 aromatic rings. The van der Waals surface area contributed by atoms with Gasteiger partial charge in [-0.3, -0.25) is 0 Å². The molecule has 1 N–H and O–H groups in total. The molecule has 18 heavy (non-hydrogen) atoms. The molecule has 1 saturated heterocycles. The van der Waals surface area contributed by atoms with Gasteiger partial charge in [-0.15, -0.1) is 0 Å². The number of nitrogens with one attached hydrogen (secondary N) is 1. The number of unbranched alkanes of at least 4 members (excludes halogenated alkanes) is 2. The fourth-order valence-corrected chi connectivity index (χ4v) is 2.69. The lowest BCUT2D eigenvalue weighted by Gasteiger charge is -2.31. The minimum atomic E-state index is 0.558. The molecule has 1 fully saturated rings. The van der Waals surface area contributed by atoms with Gasteiger partial charge in [-0.2, -0.15) is 0 Å². The number of ether oxygens (including phenoxy) is 1. The summed E-state index contributed by atoms with van der Waals surface area (Å²) in [5, 5.41) is 3.55. The molecule has 0 spiro atoms. The van der Waals surface area contributed by atoms with E-state index in [1.807, 2.05) is 0 Å². The largest absolute Gasteiger partial charge is 0.379 e. The van der Waals surface area contributed by atoms with Gasteiger partial charge in [0.2, 0.25) is 0 Å². The number of nitrogens with zero attached hydrogens (tertiary/aromatic N) is 1. The zero-order valence-electron chi connectivity index (χ0n) is 12.7. The number of hydrogen-bond donors (Lipinski definition) is 1. The number of likely N-dealkylation sites (N-methyl/N-ethyl adjacent to an activating group) is 1. The zero-order chi connectivity index (χ0) is 13.4. The highest BCUT2D eigenvalue weighted by molar-refractivity contribution is 4.84. The molecule has 2 atom stereocenters. The van der Waals surface area contributed by atoms with Crippen LogP contribution in [0.5, 0.6) is 0 Å². The van der Waals surface area contributed by atoms with Crippen LogP contribution in [0.15, 0.2) is 0 Å². The molecule has 0 aromatic heterocycles. The highest BCUT2D eigenvalue weighted by Gasteiger charge is 2.29. The quantitative estimate of drug-likeness (QED) is 0.642. The fourth-order valence-electron chi connectivity index (χ4n) is 2.69. The van der Waals surface area contributed by atoms with Crippen LogP contribution in [0.25, 0.3) is 0 Å². The second kappa shape index (κ2) is 8.89. The maximum Gasteiger partial charge on any atom is 0.0623 e. The molecular formula is C15H32N2O. The predicted octanol–water partition coefficient (Wildman–Crippen LogP) is 2.51. The van der Waals surface area contributed by atoms with Gasteiger partial charge in [-0.05, 0) is 33.4 Å². The summed E-state index contributed by atoms with van der Waals surface area (Å²) in [4.78, 5) is 2.62. The van der Waals surface area contributed by atoms with E-state index >= 15 is 0 Å². The first kappa shape index (κ1) is 15.9. The van der Waals surface area contributed by atoms with Crippen molar-refractivity contribution >= 4 is 0 Å². The van der Waals surface area contributed by atoms with E-state index in [0.29, 0.717) is 18.0 Å². The summed E-state index contributed by atoms with van der Waals surface area (Å²) in [7, 11) is 0. The van der Waals surface area contributed by atoms with Crippen molar-refractivity contribution in [1.29, 1.82) is 0 Å². The van der Waals surface area contributed by atoms with Gasteiger partial charge in [0.15, 0.2) is 0 Å². The first-order chi connectivity index (χ1) is 8.69. The maximum atomic E-state index is 5.64. The Morgan fingerprint density at radius 2 is 2.00 bits per heavy atom. The van der Waals surface area contributed by atoms with Crippen LogP contribution < -0.4 is 5.32 Å². The number of hydrogen-bond acceptors (Lipinski definition) is 3. The normalized spacial score (nSPS) is 24.3. The van der Waals surface area contributed by atoms with E-state index in [2.05, 4.69) is 37.9 Å². The molecule has 0 bridgehead atoms. The van der Waals surface area contributed by atoms with Crippen LogP contribution in [0.4, 0.5) is 0 Å². The van der Waals surface area contributed by atoms with E-state index in [1.165, 1.54) is 32.4 Å². The summed E-state index contributed by atoms with van der Waals surface area (Å²) < 4.78 is 5.64. The molecule has 108 valence electrons. The lowest BCUT2D eigenvalue weighted by Crippen LogP contribution is -2.44. The van der Waals surface area contributed by atoms with Crippen LogP contribution in [0.3, 0.4) is 0 Å². The standard InChI is InChI=1S/C15H32N2O/c1-5-7-8-9-17(13(3)4)10-14-11-18-12-15(14)16-6-2/h13-16H,5-12H2,1-4H3. The Bertz CT molecular complexity index is 209. The minimum Gasteiger partial charge on any atom is -0.379 e. The van der Waals surface area contributed by atoms with Crippen LogP contribution in [-0.4, -0.2) is 49.8 Å². The summed E-state index contributed by atoms with van der Waals surface area (Å²) in [6.45, 7) is 14.3. The Morgan fingerprint density at radius 3 is 2.61 bits per heavy atom. The van der Waals surface area contributed by atoms with Gasteiger partial charge >= 0.3 is 0 Å². The summed E-state index contributed by atoms with van der Waals surface area (Å²) in [6, 6.07) is 1.20. The van der Waals surface area contributed by atoms with Crippen molar-refractivity contribution < 1.29 is 4.74 Å². The molecule has 3 heteroatoms. The Labute approximate surface area is 113 Å². The van der Waals surface area contributed by atoms with Crippen molar-refractivity contribution in [3.05, 3.63) is 0 Å². The number of rotatable bonds is 9. The third-order valence-corrected chi connectivity index (χ3v) is 3.91. The Balaban J connectivity index is 2.39. The van der Waals surface area contributed by atoms with Crippen LogP contribution in [-0.2, 0) is 4.74 Å². The lowest BCUT2D eigenvalue weighted by atomic mass is 10.0. The Morgan fingerprint density at radius 1 is 1.22 bits per heavy atom. The van der Waals surface area contributed by atoms with E-state index in [9.17, 15) is 0 Å². The van der Waals surface area contributed by atoms with Crippen molar-refractivity contribution in [2.45, 2.75) is 59.0 Å². The van der Waals surface area contributed by atoms with E-state index in [4.69, 9.17) is 4.74 Å². The molecule has 0 radical (unpaired) electrons. The van der Waals surface area contributed by atoms with Gasteiger partial charge in [-0.25, -0.2) is 0 Å². The predicted molar refractivity (Wildman–Crippen MR) is 78.0 cm³/mol. The molecule has 0 aromatic carbocycles. The zero-order valence-corrected chi connectivity index (χ0v) is 12.7. The van der Waals surface area contributed by atoms with Gasteiger partial charge in [-0.1, -0.05) is 26.7 Å². The third-order valence-electron chi connectivity index (χ3n) is 3.91. The van der Waals surface area contributed by atoms with Gasteiger partial charge in [0.05, 0.1) is 13.2 Å². The minimum absolute atomic E-state index is 0.558. The first-order valence-electron chi connectivity index (χ1n) is 7.74. The summed E-state index contributed by atoms with van der Waals surface area (Å²) >= 11 is 0. The van der Waals surface area contributed by atoms with E-state index < -0.39 is 0 Å². The molecule has 0 saturated carbocycles. The highest BCUT2D eigenvalue weighted by Crippen LogP contribution is 2.17. The summed E-state index contributed by atoms with van der Waals surface area (Å²) in [6.07, 6.45) is 3.98. The SMILES string of the molecule is CCCCCN(CC1COCC1NCC)C(C)C. The molecule has 1 aliphatic heterocycles. The van der Waals surface area contributed by atoms with Crippen molar-refractivity contribution in [2.24, 2.45) is 5.92 Å². The van der Waals surface area contributed by atoms with Gasteiger partial charge < -0.3 is 15.0 Å². The van der Waals surface area contributed by atoms with Crippen molar-refractivity contribution in [3.63, 3.8) is 0 Å². The van der Waals surface area contributed by atoms with E-state index in [0.717, 1.165) is 19.8 Å². The molecular weight excluding hydrogens is 224 g/mol. The monoisotopic (exact) mass is 256 g/mol. The first-order valence-corrected chi connectivity index (χ1v) is 7.74. The van der Waals surface area contributed by atoms with Gasteiger partial charge in [0.25, 0.3) is 0 Å². The summed E-state index contributed by atoms with van der Waals surface area (Å²) in [5.74, 6) is 0.661. The summed E-state index contributed by atoms with van der Waals surface area (Å²) in [5.41, 5.74) is 0. The lowest BCUT2D eigenvalue weighted by molar-refractivity contribution is 0.150. The molecule has 3 nitrogen and oxygen atoms in total.